The molecule has 0 radical (unpaired) electrons. The number of terminal acetylenes is 1. The minimum atomic E-state index is -0.798. The lowest BCUT2D eigenvalue weighted by Crippen LogP contribution is -2.54. The van der Waals surface area contributed by atoms with Gasteiger partial charge in [0, 0.05) is 4.47 Å². The standard InChI is InChI=1S/C23H19BrN2O5/c1-4-10-31-20-13-17(24)15(12-19(20)30-5-2)11-16-21(27)25-23(29)26(22(16)28)18-9-7-6-8-14(18)3/h1,6-9,11-13H,5,10H2,2-3H3,(H,25,27,29)/b16-11+. The van der Waals surface area contributed by atoms with Crippen molar-refractivity contribution < 1.29 is 23.9 Å². The van der Waals surface area contributed by atoms with Crippen LogP contribution in [-0.4, -0.2) is 31.1 Å². The molecule has 158 valence electrons. The fourth-order valence-electron chi connectivity index (χ4n) is 3.01. The highest BCUT2D eigenvalue weighted by Gasteiger charge is 2.37. The van der Waals surface area contributed by atoms with Crippen molar-refractivity contribution in [3.05, 3.63) is 57.6 Å². The Morgan fingerprint density at radius 1 is 1.16 bits per heavy atom. The third-order valence-corrected chi connectivity index (χ3v) is 5.12. The summed E-state index contributed by atoms with van der Waals surface area (Å²) in [4.78, 5) is 38.9. The summed E-state index contributed by atoms with van der Waals surface area (Å²) in [7, 11) is 0. The Kier molecular flexibility index (Phi) is 6.78. The van der Waals surface area contributed by atoms with Crippen molar-refractivity contribution in [1.29, 1.82) is 0 Å². The third-order valence-electron chi connectivity index (χ3n) is 4.43. The number of halogens is 1. The predicted octanol–water partition coefficient (Wildman–Crippen LogP) is 3.83. The molecule has 3 rings (SSSR count). The first-order valence-corrected chi connectivity index (χ1v) is 10.2. The van der Waals surface area contributed by atoms with Crippen molar-refractivity contribution >= 4 is 45.5 Å². The number of hydrogen-bond acceptors (Lipinski definition) is 5. The Hall–Kier alpha value is -3.57. The first kappa shape index (κ1) is 22.1. The molecular formula is C23H19BrN2O5. The van der Waals surface area contributed by atoms with E-state index in [1.54, 1.807) is 43.3 Å². The van der Waals surface area contributed by atoms with Gasteiger partial charge in [0.2, 0.25) is 0 Å². The Labute approximate surface area is 188 Å². The molecule has 8 heteroatoms. The van der Waals surface area contributed by atoms with Crippen molar-refractivity contribution in [2.75, 3.05) is 18.1 Å². The average molecular weight is 483 g/mol. The minimum absolute atomic E-state index is 0.0569. The number of rotatable bonds is 6. The topological polar surface area (TPSA) is 84.9 Å². The van der Waals surface area contributed by atoms with Crippen LogP contribution < -0.4 is 19.7 Å². The van der Waals surface area contributed by atoms with Gasteiger partial charge in [-0.05, 0) is 49.2 Å². The fraction of sp³-hybridized carbons (Fsp3) is 0.174. The van der Waals surface area contributed by atoms with Gasteiger partial charge in [0.1, 0.15) is 12.2 Å². The zero-order valence-corrected chi connectivity index (χ0v) is 18.5. The molecule has 0 atom stereocenters. The number of amides is 4. The molecule has 1 fully saturated rings. The molecule has 0 bridgehead atoms. The number of nitrogens with zero attached hydrogens (tertiary/aromatic N) is 1. The summed E-state index contributed by atoms with van der Waals surface area (Å²) < 4.78 is 11.7. The largest absolute Gasteiger partial charge is 0.490 e. The van der Waals surface area contributed by atoms with E-state index in [2.05, 4.69) is 27.2 Å². The maximum Gasteiger partial charge on any atom is 0.335 e. The number of imide groups is 2. The molecular weight excluding hydrogens is 464 g/mol. The van der Waals surface area contributed by atoms with E-state index in [1.807, 2.05) is 6.92 Å². The third kappa shape index (κ3) is 4.62. The average Bonchev–Trinajstić information content (AvgIpc) is 2.73. The molecule has 2 aromatic rings. The van der Waals surface area contributed by atoms with E-state index < -0.39 is 17.8 Å². The van der Waals surface area contributed by atoms with E-state index in [0.717, 1.165) is 10.5 Å². The normalized spacial score (nSPS) is 15.0. The second kappa shape index (κ2) is 9.49. The summed E-state index contributed by atoms with van der Waals surface area (Å²) in [5.41, 5.74) is 1.42. The first-order chi connectivity index (χ1) is 14.9. The Balaban J connectivity index is 2.05. The van der Waals surface area contributed by atoms with Gasteiger partial charge in [-0.3, -0.25) is 14.9 Å². The van der Waals surface area contributed by atoms with Crippen LogP contribution in [0.15, 0.2) is 46.4 Å². The SMILES string of the molecule is C#CCOc1cc(Br)c(/C=C2\C(=O)NC(=O)N(c3ccccc3C)C2=O)cc1OCC. The van der Waals surface area contributed by atoms with Gasteiger partial charge in [-0.25, -0.2) is 9.69 Å². The lowest BCUT2D eigenvalue weighted by atomic mass is 10.1. The van der Waals surface area contributed by atoms with Gasteiger partial charge in [-0.15, -0.1) is 6.42 Å². The number of barbiturate groups is 1. The van der Waals surface area contributed by atoms with E-state index in [4.69, 9.17) is 15.9 Å². The zero-order valence-electron chi connectivity index (χ0n) is 16.9. The second-order valence-electron chi connectivity index (χ2n) is 6.49. The highest BCUT2D eigenvalue weighted by molar-refractivity contribution is 9.10. The lowest BCUT2D eigenvalue weighted by molar-refractivity contribution is -0.122. The maximum absolute atomic E-state index is 13.1. The number of hydrogen-bond donors (Lipinski definition) is 1. The molecule has 31 heavy (non-hydrogen) atoms. The molecule has 7 nitrogen and oxygen atoms in total. The Morgan fingerprint density at radius 2 is 1.87 bits per heavy atom. The number of para-hydroxylation sites is 1. The first-order valence-electron chi connectivity index (χ1n) is 9.37. The van der Waals surface area contributed by atoms with Crippen LogP contribution in [0.5, 0.6) is 11.5 Å². The highest BCUT2D eigenvalue weighted by Crippen LogP contribution is 2.35. The van der Waals surface area contributed by atoms with E-state index in [-0.39, 0.29) is 12.2 Å². The van der Waals surface area contributed by atoms with Gasteiger partial charge >= 0.3 is 6.03 Å². The molecule has 2 aromatic carbocycles. The molecule has 1 aliphatic heterocycles. The molecule has 0 unspecified atom stereocenters. The molecule has 4 amide bonds. The van der Waals surface area contributed by atoms with Crippen LogP contribution in [0.1, 0.15) is 18.1 Å². The van der Waals surface area contributed by atoms with E-state index >= 15 is 0 Å². The summed E-state index contributed by atoms with van der Waals surface area (Å²) in [6, 6.07) is 9.39. The summed E-state index contributed by atoms with van der Waals surface area (Å²) in [6.07, 6.45) is 6.65. The van der Waals surface area contributed by atoms with Gasteiger partial charge < -0.3 is 9.47 Å². The van der Waals surface area contributed by atoms with Gasteiger partial charge in [0.15, 0.2) is 11.5 Å². The quantitative estimate of drug-likeness (QED) is 0.384. The van der Waals surface area contributed by atoms with Crippen LogP contribution in [0.25, 0.3) is 6.08 Å². The molecule has 0 aliphatic carbocycles. The van der Waals surface area contributed by atoms with Gasteiger partial charge in [0.05, 0.1) is 12.3 Å². The van der Waals surface area contributed by atoms with Crippen LogP contribution in [0.4, 0.5) is 10.5 Å². The zero-order chi connectivity index (χ0) is 22.5. The van der Waals surface area contributed by atoms with E-state index in [1.165, 1.54) is 6.08 Å². The van der Waals surface area contributed by atoms with Crippen molar-refractivity contribution in [2.45, 2.75) is 13.8 Å². The molecule has 0 spiro atoms. The van der Waals surface area contributed by atoms with Crippen molar-refractivity contribution in [2.24, 2.45) is 0 Å². The molecule has 1 heterocycles. The Morgan fingerprint density at radius 3 is 2.55 bits per heavy atom. The second-order valence-corrected chi connectivity index (χ2v) is 7.34. The van der Waals surface area contributed by atoms with Gasteiger partial charge in [0.25, 0.3) is 11.8 Å². The summed E-state index contributed by atoms with van der Waals surface area (Å²) in [6.45, 7) is 4.02. The number of carbonyl (C=O) groups is 3. The lowest BCUT2D eigenvalue weighted by Gasteiger charge is -2.27. The number of carbonyl (C=O) groups excluding carboxylic acids is 3. The number of anilines is 1. The maximum atomic E-state index is 13.1. The van der Waals surface area contributed by atoms with Crippen LogP contribution in [-0.2, 0) is 9.59 Å². The van der Waals surface area contributed by atoms with E-state index in [9.17, 15) is 14.4 Å². The van der Waals surface area contributed by atoms with E-state index in [0.29, 0.717) is 33.8 Å². The number of benzene rings is 2. The highest BCUT2D eigenvalue weighted by atomic mass is 79.9. The van der Waals surface area contributed by atoms with Gasteiger partial charge in [-0.1, -0.05) is 40.0 Å². The van der Waals surface area contributed by atoms with Crippen LogP contribution in [0, 0.1) is 19.3 Å². The molecule has 1 N–H and O–H groups in total. The molecule has 0 aromatic heterocycles. The van der Waals surface area contributed by atoms with Crippen molar-refractivity contribution in [3.8, 4) is 23.8 Å². The van der Waals surface area contributed by atoms with Crippen molar-refractivity contribution in [1.82, 2.24) is 5.32 Å². The molecule has 1 saturated heterocycles. The van der Waals surface area contributed by atoms with Crippen LogP contribution >= 0.6 is 15.9 Å². The smallest absolute Gasteiger partial charge is 0.335 e. The summed E-state index contributed by atoms with van der Waals surface area (Å²) in [5, 5.41) is 2.22. The number of aryl methyl sites for hydroxylation is 1. The van der Waals surface area contributed by atoms with Crippen LogP contribution in [0.2, 0.25) is 0 Å². The molecule has 1 aliphatic rings. The predicted molar refractivity (Wildman–Crippen MR) is 120 cm³/mol. The fourth-order valence-corrected chi connectivity index (χ4v) is 3.44. The van der Waals surface area contributed by atoms with Gasteiger partial charge in [-0.2, -0.15) is 0 Å². The number of urea groups is 1. The van der Waals surface area contributed by atoms with Crippen molar-refractivity contribution in [3.63, 3.8) is 0 Å². The Bertz CT molecular complexity index is 1130. The van der Waals surface area contributed by atoms with Crippen LogP contribution in [0.3, 0.4) is 0 Å². The molecule has 0 saturated carbocycles. The summed E-state index contributed by atoms with van der Waals surface area (Å²) >= 11 is 3.42. The number of nitrogens with one attached hydrogen (secondary N) is 1. The number of ether oxygens (including phenoxy) is 2. The monoisotopic (exact) mass is 482 g/mol. The summed E-state index contributed by atoms with van der Waals surface area (Å²) in [5.74, 6) is 1.71. The minimum Gasteiger partial charge on any atom is -0.490 e.